The largest absolute Gasteiger partial charge is 0.496 e. The Balaban J connectivity index is 2.10. The smallest absolute Gasteiger partial charge is 0.411 e. The van der Waals surface area contributed by atoms with Crippen molar-refractivity contribution in [2.24, 2.45) is 0 Å². The van der Waals surface area contributed by atoms with Crippen molar-refractivity contribution in [1.82, 2.24) is 20.5 Å². The van der Waals surface area contributed by atoms with Gasteiger partial charge in [0.15, 0.2) is 5.82 Å². The van der Waals surface area contributed by atoms with Gasteiger partial charge in [0.25, 0.3) is 0 Å². The lowest BCUT2D eigenvalue weighted by Gasteiger charge is -2.05. The number of amides is 2. The molecule has 22 heavy (non-hydrogen) atoms. The van der Waals surface area contributed by atoms with Crippen LogP contribution in [0.25, 0.3) is 11.4 Å². The molecule has 0 saturated carbocycles. The monoisotopic (exact) mass is 342 g/mol. The number of aromatic nitrogens is 3. The Morgan fingerprint density at radius 3 is 2.95 bits per heavy atom. The van der Waals surface area contributed by atoms with E-state index in [2.05, 4.69) is 15.2 Å². The van der Waals surface area contributed by atoms with Crippen LogP contribution < -0.4 is 10.1 Å². The lowest BCUT2D eigenvalue weighted by molar-refractivity contribution is -0.117. The maximum atomic E-state index is 11.2. The number of thioether (sulfide) groups is 1. The molecule has 2 rings (SSSR count). The summed E-state index contributed by atoms with van der Waals surface area (Å²) < 4.78 is 5.22. The van der Waals surface area contributed by atoms with E-state index < -0.39 is 12.0 Å². The van der Waals surface area contributed by atoms with Crippen molar-refractivity contribution in [3.63, 3.8) is 0 Å². The van der Waals surface area contributed by atoms with Crippen molar-refractivity contribution in [3.8, 4) is 17.1 Å². The van der Waals surface area contributed by atoms with Crippen molar-refractivity contribution < 1.29 is 19.4 Å². The van der Waals surface area contributed by atoms with Gasteiger partial charge in [0.1, 0.15) is 5.75 Å². The first-order valence-electron chi connectivity index (χ1n) is 5.91. The zero-order valence-electron chi connectivity index (χ0n) is 11.3. The summed E-state index contributed by atoms with van der Waals surface area (Å²) in [6, 6.07) is 5.06. The summed E-state index contributed by atoms with van der Waals surface area (Å²) in [5.74, 6) is 0.237. The van der Waals surface area contributed by atoms with Crippen molar-refractivity contribution in [2.75, 3.05) is 12.9 Å². The molecule has 0 aliphatic heterocycles. The van der Waals surface area contributed by atoms with Gasteiger partial charge in [0.2, 0.25) is 11.1 Å². The Hall–Kier alpha value is -2.26. The molecule has 1 aromatic heterocycles. The van der Waals surface area contributed by atoms with Crippen molar-refractivity contribution >= 4 is 35.4 Å². The molecule has 0 aliphatic rings. The van der Waals surface area contributed by atoms with Gasteiger partial charge in [-0.15, -0.1) is 5.10 Å². The summed E-state index contributed by atoms with van der Waals surface area (Å²) in [5.41, 5.74) is 0.629. The minimum absolute atomic E-state index is 0.115. The number of imide groups is 1. The first-order valence-corrected chi connectivity index (χ1v) is 7.28. The molecule has 0 unspecified atom stereocenters. The van der Waals surface area contributed by atoms with Crippen LogP contribution in [0.5, 0.6) is 5.75 Å². The molecule has 1 heterocycles. The van der Waals surface area contributed by atoms with Gasteiger partial charge >= 0.3 is 6.09 Å². The van der Waals surface area contributed by atoms with Gasteiger partial charge in [-0.25, -0.2) is 9.78 Å². The molecule has 116 valence electrons. The summed E-state index contributed by atoms with van der Waals surface area (Å²) in [4.78, 5) is 25.8. The van der Waals surface area contributed by atoms with Crippen LogP contribution in [-0.4, -0.2) is 45.2 Å². The molecule has 1 aromatic carbocycles. The standard InChI is InChI=1S/C12H11ClN4O4S/c1-21-8-3-2-6(13)4-7(8)10-15-11(17-16-10)22-5-9(18)14-12(19)20/h2-4H,5H2,1H3,(H,14,18)(H,19,20)(H,15,16,17). The number of H-pyrrole nitrogens is 1. The highest BCUT2D eigenvalue weighted by atomic mass is 35.5. The molecule has 3 N–H and O–H groups in total. The average molecular weight is 343 g/mol. The van der Waals surface area contributed by atoms with Gasteiger partial charge in [-0.05, 0) is 18.2 Å². The number of hydrogen-bond donors (Lipinski definition) is 3. The SMILES string of the molecule is COc1ccc(Cl)cc1-c1nc(SCC(=O)NC(=O)O)n[nH]1. The number of carboxylic acid groups (broad SMARTS) is 1. The van der Waals surface area contributed by atoms with Crippen LogP contribution in [0, 0.1) is 0 Å². The molecule has 0 fully saturated rings. The van der Waals surface area contributed by atoms with Gasteiger partial charge < -0.3 is 9.84 Å². The molecule has 0 bridgehead atoms. The van der Waals surface area contributed by atoms with E-state index in [1.54, 1.807) is 23.5 Å². The van der Waals surface area contributed by atoms with Crippen LogP contribution in [0.2, 0.25) is 5.02 Å². The molecule has 0 saturated heterocycles. The highest BCUT2D eigenvalue weighted by molar-refractivity contribution is 7.99. The molecule has 10 heteroatoms. The van der Waals surface area contributed by atoms with Gasteiger partial charge in [-0.2, -0.15) is 0 Å². The number of carbonyl (C=O) groups excluding carboxylic acids is 1. The van der Waals surface area contributed by atoms with E-state index in [1.807, 2.05) is 0 Å². The normalized spacial score (nSPS) is 10.3. The lowest BCUT2D eigenvalue weighted by atomic mass is 10.2. The Bertz CT molecular complexity index is 706. The highest BCUT2D eigenvalue weighted by Gasteiger charge is 2.13. The first-order chi connectivity index (χ1) is 10.5. The number of ether oxygens (including phenoxy) is 1. The number of nitrogens with one attached hydrogen (secondary N) is 2. The molecule has 2 aromatic rings. The number of methoxy groups -OCH3 is 1. The second-order valence-corrected chi connectivity index (χ2v) is 5.33. The van der Waals surface area contributed by atoms with E-state index >= 15 is 0 Å². The Morgan fingerprint density at radius 2 is 2.27 bits per heavy atom. The van der Waals surface area contributed by atoms with E-state index in [9.17, 15) is 9.59 Å². The molecule has 8 nitrogen and oxygen atoms in total. The maximum absolute atomic E-state index is 11.2. The summed E-state index contributed by atoms with van der Waals surface area (Å²) in [5, 5.41) is 17.6. The number of benzene rings is 1. The fourth-order valence-electron chi connectivity index (χ4n) is 1.58. The van der Waals surface area contributed by atoms with Crippen LogP contribution >= 0.6 is 23.4 Å². The molecule has 2 amide bonds. The number of aromatic amines is 1. The number of carbonyl (C=O) groups is 2. The molecule has 0 atom stereocenters. The van der Waals surface area contributed by atoms with Gasteiger partial charge in [-0.3, -0.25) is 15.2 Å². The Morgan fingerprint density at radius 1 is 1.50 bits per heavy atom. The minimum atomic E-state index is -1.40. The third-order valence-electron chi connectivity index (χ3n) is 2.46. The fraction of sp³-hybridized carbons (Fsp3) is 0.167. The van der Waals surface area contributed by atoms with Gasteiger partial charge in [0, 0.05) is 5.02 Å². The quantitative estimate of drug-likeness (QED) is 0.711. The number of hydrogen-bond acceptors (Lipinski definition) is 6. The van der Waals surface area contributed by atoms with Gasteiger partial charge in [0.05, 0.1) is 18.4 Å². The van der Waals surface area contributed by atoms with Crippen molar-refractivity contribution in [2.45, 2.75) is 5.16 Å². The fourth-order valence-corrected chi connectivity index (χ4v) is 2.35. The summed E-state index contributed by atoms with van der Waals surface area (Å²) >= 11 is 6.95. The summed E-state index contributed by atoms with van der Waals surface area (Å²) in [7, 11) is 1.52. The van der Waals surface area contributed by atoms with E-state index in [1.165, 1.54) is 7.11 Å². The van der Waals surface area contributed by atoms with E-state index in [0.29, 0.717) is 27.3 Å². The first kappa shape index (κ1) is 16.1. The Kier molecular flexibility index (Phi) is 5.23. The predicted molar refractivity (Wildman–Crippen MR) is 80.3 cm³/mol. The second kappa shape index (κ2) is 7.14. The summed E-state index contributed by atoms with van der Waals surface area (Å²) in [6.45, 7) is 0. The summed E-state index contributed by atoms with van der Waals surface area (Å²) in [6.07, 6.45) is -1.40. The number of rotatable bonds is 5. The zero-order valence-corrected chi connectivity index (χ0v) is 12.9. The van der Waals surface area contributed by atoms with Crippen LogP contribution in [0.3, 0.4) is 0 Å². The molecule has 0 aliphatic carbocycles. The third kappa shape index (κ3) is 4.12. The van der Waals surface area contributed by atoms with E-state index in [0.717, 1.165) is 11.8 Å². The Labute approximate surface area is 134 Å². The van der Waals surface area contributed by atoms with Crippen LogP contribution in [0.4, 0.5) is 4.79 Å². The van der Waals surface area contributed by atoms with Gasteiger partial charge in [-0.1, -0.05) is 23.4 Å². The topological polar surface area (TPSA) is 117 Å². The minimum Gasteiger partial charge on any atom is -0.496 e. The zero-order chi connectivity index (χ0) is 16.1. The molecular weight excluding hydrogens is 332 g/mol. The van der Waals surface area contributed by atoms with E-state index in [-0.39, 0.29) is 5.75 Å². The molecule has 0 spiro atoms. The molecular formula is C12H11ClN4O4S. The number of nitrogens with zero attached hydrogens (tertiary/aromatic N) is 2. The molecule has 0 radical (unpaired) electrons. The highest BCUT2D eigenvalue weighted by Crippen LogP contribution is 2.31. The average Bonchev–Trinajstić information content (AvgIpc) is 2.93. The lowest BCUT2D eigenvalue weighted by Crippen LogP contribution is -2.30. The van der Waals surface area contributed by atoms with Crippen molar-refractivity contribution in [1.29, 1.82) is 0 Å². The number of halogens is 1. The third-order valence-corrected chi connectivity index (χ3v) is 3.54. The maximum Gasteiger partial charge on any atom is 0.411 e. The van der Waals surface area contributed by atoms with Crippen LogP contribution in [0.15, 0.2) is 23.4 Å². The van der Waals surface area contributed by atoms with Crippen LogP contribution in [-0.2, 0) is 4.79 Å². The second-order valence-electron chi connectivity index (χ2n) is 3.95. The van der Waals surface area contributed by atoms with E-state index in [4.69, 9.17) is 21.4 Å². The van der Waals surface area contributed by atoms with Crippen molar-refractivity contribution in [3.05, 3.63) is 23.2 Å². The predicted octanol–water partition coefficient (Wildman–Crippen LogP) is 2.02. The van der Waals surface area contributed by atoms with Crippen LogP contribution in [0.1, 0.15) is 0 Å².